The fourth-order valence-electron chi connectivity index (χ4n) is 0.809. The first-order valence-corrected chi connectivity index (χ1v) is 3.52. The fourth-order valence-corrected chi connectivity index (χ4v) is 0.809. The molecular weight excluding hydrogens is 211 g/mol. The topological polar surface area (TPSA) is 61.3 Å². The molecule has 13 heavy (non-hydrogen) atoms. The number of ether oxygens (including phenoxy) is 1. The van der Waals surface area contributed by atoms with E-state index in [0.29, 0.717) is 18.0 Å². The summed E-state index contributed by atoms with van der Waals surface area (Å²) in [7, 11) is 0. The maximum Gasteiger partial charge on any atom is 0.121 e. The summed E-state index contributed by atoms with van der Waals surface area (Å²) in [6.07, 6.45) is 0. The molecule has 0 saturated heterocycles. The minimum Gasteiger partial charge on any atom is -0.494 e. The lowest BCUT2D eigenvalue weighted by Crippen LogP contribution is -1.96. The van der Waals surface area contributed by atoms with E-state index in [1.807, 2.05) is 6.92 Å². The minimum atomic E-state index is 0. The molecule has 1 rings (SSSR count). The third-order valence-electron chi connectivity index (χ3n) is 1.37. The summed E-state index contributed by atoms with van der Waals surface area (Å²) in [5, 5.41) is 0. The Morgan fingerprint density at radius 3 is 2.23 bits per heavy atom. The van der Waals surface area contributed by atoms with Gasteiger partial charge in [-0.3, -0.25) is 0 Å². The van der Waals surface area contributed by atoms with Crippen LogP contribution in [0.4, 0.5) is 11.4 Å². The van der Waals surface area contributed by atoms with Crippen LogP contribution in [0.3, 0.4) is 0 Å². The fraction of sp³-hybridized carbons (Fsp3) is 0.250. The molecular formula is C8H14Cl2N2O. The predicted octanol–water partition coefficient (Wildman–Crippen LogP) is 2.09. The van der Waals surface area contributed by atoms with Crippen LogP contribution in [0.25, 0.3) is 0 Å². The van der Waals surface area contributed by atoms with Crippen LogP contribution in [0.2, 0.25) is 0 Å². The molecule has 4 N–H and O–H groups in total. The number of hydrogen-bond donors (Lipinski definition) is 2. The number of nitrogen functional groups attached to an aromatic ring is 2. The molecule has 0 heterocycles. The number of benzene rings is 1. The van der Waals surface area contributed by atoms with Gasteiger partial charge in [0, 0.05) is 6.07 Å². The Labute approximate surface area is 90.3 Å². The molecule has 0 fully saturated rings. The van der Waals surface area contributed by atoms with Crippen LogP contribution in [0.15, 0.2) is 18.2 Å². The predicted molar refractivity (Wildman–Crippen MR) is 60.9 cm³/mol. The van der Waals surface area contributed by atoms with E-state index in [1.54, 1.807) is 18.2 Å². The molecule has 0 aliphatic rings. The van der Waals surface area contributed by atoms with Gasteiger partial charge in [-0.05, 0) is 19.1 Å². The highest BCUT2D eigenvalue weighted by Gasteiger charge is 1.95. The summed E-state index contributed by atoms with van der Waals surface area (Å²) in [6, 6.07) is 5.26. The van der Waals surface area contributed by atoms with Crippen LogP contribution in [0, 0.1) is 0 Å². The van der Waals surface area contributed by atoms with Crippen LogP contribution >= 0.6 is 24.8 Å². The molecule has 0 bridgehead atoms. The first-order chi connectivity index (χ1) is 5.24. The van der Waals surface area contributed by atoms with E-state index >= 15 is 0 Å². The van der Waals surface area contributed by atoms with Gasteiger partial charge in [-0.25, -0.2) is 0 Å². The molecule has 0 radical (unpaired) electrons. The number of halogens is 2. The summed E-state index contributed by atoms with van der Waals surface area (Å²) in [6.45, 7) is 2.57. The van der Waals surface area contributed by atoms with E-state index in [9.17, 15) is 0 Å². The molecule has 0 amide bonds. The summed E-state index contributed by atoms with van der Waals surface area (Å²) in [5.74, 6) is 0.763. The van der Waals surface area contributed by atoms with Crippen molar-refractivity contribution in [2.45, 2.75) is 6.92 Å². The zero-order valence-electron chi connectivity index (χ0n) is 7.32. The molecule has 0 aromatic heterocycles. The Balaban J connectivity index is 0. The lowest BCUT2D eigenvalue weighted by Gasteiger charge is -2.04. The van der Waals surface area contributed by atoms with Crippen molar-refractivity contribution < 1.29 is 4.74 Å². The second-order valence-corrected chi connectivity index (χ2v) is 2.22. The second-order valence-electron chi connectivity index (χ2n) is 2.22. The van der Waals surface area contributed by atoms with Gasteiger partial charge in [0.1, 0.15) is 5.75 Å². The van der Waals surface area contributed by atoms with Crippen molar-refractivity contribution >= 4 is 36.2 Å². The van der Waals surface area contributed by atoms with Gasteiger partial charge in [-0.2, -0.15) is 0 Å². The summed E-state index contributed by atoms with van der Waals surface area (Å²) in [5.41, 5.74) is 12.2. The largest absolute Gasteiger partial charge is 0.494 e. The Hall–Kier alpha value is -0.800. The van der Waals surface area contributed by atoms with Gasteiger partial charge in [0.05, 0.1) is 18.0 Å². The van der Waals surface area contributed by atoms with Crippen molar-refractivity contribution in [3.63, 3.8) is 0 Å². The van der Waals surface area contributed by atoms with Crippen molar-refractivity contribution in [2.75, 3.05) is 18.1 Å². The van der Waals surface area contributed by atoms with Crippen molar-refractivity contribution in [3.8, 4) is 5.75 Å². The summed E-state index contributed by atoms with van der Waals surface area (Å²) >= 11 is 0. The van der Waals surface area contributed by atoms with Gasteiger partial charge in [0.15, 0.2) is 0 Å². The number of rotatable bonds is 2. The Morgan fingerprint density at radius 2 is 1.77 bits per heavy atom. The van der Waals surface area contributed by atoms with Gasteiger partial charge < -0.3 is 16.2 Å². The number of anilines is 2. The molecule has 5 heteroatoms. The Morgan fingerprint density at radius 1 is 1.15 bits per heavy atom. The van der Waals surface area contributed by atoms with Crippen molar-refractivity contribution in [1.82, 2.24) is 0 Å². The molecule has 0 aliphatic carbocycles. The SMILES string of the molecule is CCOc1ccc(N)c(N)c1.Cl.Cl. The van der Waals surface area contributed by atoms with E-state index in [1.165, 1.54) is 0 Å². The van der Waals surface area contributed by atoms with Gasteiger partial charge in [-0.15, -0.1) is 24.8 Å². The molecule has 3 nitrogen and oxygen atoms in total. The number of nitrogens with two attached hydrogens (primary N) is 2. The second kappa shape index (κ2) is 6.69. The van der Waals surface area contributed by atoms with Crippen LogP contribution in [-0.4, -0.2) is 6.61 Å². The zero-order valence-corrected chi connectivity index (χ0v) is 8.95. The third-order valence-corrected chi connectivity index (χ3v) is 1.37. The molecule has 76 valence electrons. The summed E-state index contributed by atoms with van der Waals surface area (Å²) in [4.78, 5) is 0. The lowest BCUT2D eigenvalue weighted by molar-refractivity contribution is 0.340. The molecule has 1 aromatic rings. The number of hydrogen-bond acceptors (Lipinski definition) is 3. The average molecular weight is 225 g/mol. The highest BCUT2D eigenvalue weighted by molar-refractivity contribution is 5.85. The minimum absolute atomic E-state index is 0. The van der Waals surface area contributed by atoms with E-state index in [4.69, 9.17) is 16.2 Å². The monoisotopic (exact) mass is 224 g/mol. The van der Waals surface area contributed by atoms with Crippen LogP contribution in [-0.2, 0) is 0 Å². The normalized spacial score (nSPS) is 8.08. The van der Waals surface area contributed by atoms with Gasteiger partial charge in [0.2, 0.25) is 0 Å². The van der Waals surface area contributed by atoms with Crippen LogP contribution < -0.4 is 16.2 Å². The Kier molecular flexibility index (Phi) is 7.57. The van der Waals surface area contributed by atoms with E-state index < -0.39 is 0 Å². The summed E-state index contributed by atoms with van der Waals surface area (Å²) < 4.78 is 5.21. The Bertz CT molecular complexity index is 256. The maximum atomic E-state index is 5.55. The van der Waals surface area contributed by atoms with Crippen molar-refractivity contribution in [2.24, 2.45) is 0 Å². The molecule has 0 saturated carbocycles. The standard InChI is InChI=1S/C8H12N2O.2ClH/c1-2-11-6-3-4-7(9)8(10)5-6;;/h3-5H,2,9-10H2,1H3;2*1H. The van der Waals surface area contributed by atoms with E-state index in [-0.39, 0.29) is 24.8 Å². The van der Waals surface area contributed by atoms with Gasteiger partial charge >= 0.3 is 0 Å². The maximum absolute atomic E-state index is 5.55. The van der Waals surface area contributed by atoms with Crippen LogP contribution in [0.1, 0.15) is 6.92 Å². The molecule has 0 aliphatic heterocycles. The first-order valence-electron chi connectivity index (χ1n) is 3.52. The average Bonchev–Trinajstić information content (AvgIpc) is 1.98. The highest BCUT2D eigenvalue weighted by Crippen LogP contribution is 2.20. The zero-order chi connectivity index (χ0) is 8.27. The highest BCUT2D eigenvalue weighted by atomic mass is 35.5. The molecule has 0 spiro atoms. The van der Waals surface area contributed by atoms with Crippen molar-refractivity contribution in [3.05, 3.63) is 18.2 Å². The third kappa shape index (κ3) is 4.10. The molecule has 1 aromatic carbocycles. The van der Waals surface area contributed by atoms with Gasteiger partial charge in [0.25, 0.3) is 0 Å². The van der Waals surface area contributed by atoms with E-state index in [0.717, 1.165) is 5.75 Å². The lowest BCUT2D eigenvalue weighted by atomic mass is 10.2. The van der Waals surface area contributed by atoms with E-state index in [2.05, 4.69) is 0 Å². The first kappa shape index (κ1) is 14.7. The smallest absolute Gasteiger partial charge is 0.121 e. The van der Waals surface area contributed by atoms with Gasteiger partial charge in [-0.1, -0.05) is 0 Å². The molecule has 0 atom stereocenters. The van der Waals surface area contributed by atoms with Crippen molar-refractivity contribution in [1.29, 1.82) is 0 Å². The quantitative estimate of drug-likeness (QED) is 0.757. The molecule has 0 unspecified atom stereocenters. The van der Waals surface area contributed by atoms with Crippen LogP contribution in [0.5, 0.6) is 5.75 Å².